The SMILES string of the molecule is CCOC(C)c1ccc(-c2ncc3c(ncn3C)n2)cc1. The van der Waals surface area contributed by atoms with Crippen molar-refractivity contribution in [2.24, 2.45) is 7.05 Å². The van der Waals surface area contributed by atoms with Crippen molar-refractivity contribution in [2.75, 3.05) is 6.61 Å². The summed E-state index contributed by atoms with van der Waals surface area (Å²) >= 11 is 0. The van der Waals surface area contributed by atoms with E-state index >= 15 is 0 Å². The third-order valence-corrected chi connectivity index (χ3v) is 3.54. The Morgan fingerprint density at radius 3 is 2.67 bits per heavy atom. The Balaban J connectivity index is 1.91. The van der Waals surface area contributed by atoms with Gasteiger partial charge in [0.1, 0.15) is 5.52 Å². The highest BCUT2D eigenvalue weighted by Crippen LogP contribution is 2.22. The fraction of sp³-hybridized carbons (Fsp3) is 0.312. The Kier molecular flexibility index (Phi) is 3.66. The highest BCUT2D eigenvalue weighted by atomic mass is 16.5. The van der Waals surface area contributed by atoms with Crippen molar-refractivity contribution in [3.05, 3.63) is 42.4 Å². The fourth-order valence-electron chi connectivity index (χ4n) is 2.30. The number of imidazole rings is 1. The van der Waals surface area contributed by atoms with E-state index in [0.717, 1.165) is 16.6 Å². The summed E-state index contributed by atoms with van der Waals surface area (Å²) in [5, 5.41) is 0. The quantitative estimate of drug-likeness (QED) is 0.737. The highest BCUT2D eigenvalue weighted by Gasteiger charge is 2.08. The minimum Gasteiger partial charge on any atom is -0.374 e. The standard InChI is InChI=1S/C16H18N4O/c1-4-21-11(2)12-5-7-13(8-6-12)15-17-9-14-16(19-15)18-10-20(14)3/h5-11H,4H2,1-3H3. The zero-order valence-corrected chi connectivity index (χ0v) is 12.4. The molecular weight excluding hydrogens is 264 g/mol. The van der Waals surface area contributed by atoms with Gasteiger partial charge in [-0.3, -0.25) is 0 Å². The van der Waals surface area contributed by atoms with E-state index in [4.69, 9.17) is 4.74 Å². The van der Waals surface area contributed by atoms with Gasteiger partial charge < -0.3 is 9.30 Å². The van der Waals surface area contributed by atoms with Gasteiger partial charge in [-0.25, -0.2) is 15.0 Å². The first-order valence-electron chi connectivity index (χ1n) is 7.05. The van der Waals surface area contributed by atoms with Crippen LogP contribution in [0.1, 0.15) is 25.5 Å². The van der Waals surface area contributed by atoms with Gasteiger partial charge in [0.25, 0.3) is 0 Å². The lowest BCUT2D eigenvalue weighted by atomic mass is 10.1. The van der Waals surface area contributed by atoms with Crippen LogP contribution >= 0.6 is 0 Å². The lowest BCUT2D eigenvalue weighted by Gasteiger charge is -2.12. The molecule has 1 aromatic carbocycles. The van der Waals surface area contributed by atoms with Gasteiger partial charge in [0, 0.05) is 19.2 Å². The van der Waals surface area contributed by atoms with E-state index in [1.807, 2.05) is 30.7 Å². The van der Waals surface area contributed by atoms with Crippen molar-refractivity contribution in [2.45, 2.75) is 20.0 Å². The Hall–Kier alpha value is -2.27. The summed E-state index contributed by atoms with van der Waals surface area (Å²) in [5.74, 6) is 0.691. The van der Waals surface area contributed by atoms with Crippen LogP contribution in [0.5, 0.6) is 0 Å². The summed E-state index contributed by atoms with van der Waals surface area (Å²) in [6.45, 7) is 4.76. The van der Waals surface area contributed by atoms with Gasteiger partial charge >= 0.3 is 0 Å². The molecule has 0 spiro atoms. The molecule has 1 unspecified atom stereocenters. The van der Waals surface area contributed by atoms with Crippen molar-refractivity contribution in [3.63, 3.8) is 0 Å². The molecule has 1 atom stereocenters. The third-order valence-electron chi connectivity index (χ3n) is 3.54. The third kappa shape index (κ3) is 2.64. The molecule has 0 aliphatic rings. The number of aryl methyl sites for hydroxylation is 1. The predicted octanol–water partition coefficient (Wildman–Crippen LogP) is 3.13. The monoisotopic (exact) mass is 282 g/mol. The van der Waals surface area contributed by atoms with Gasteiger partial charge in [0.2, 0.25) is 0 Å². The molecule has 0 aliphatic heterocycles. The summed E-state index contributed by atoms with van der Waals surface area (Å²) in [4.78, 5) is 13.2. The average molecular weight is 282 g/mol. The smallest absolute Gasteiger partial charge is 0.181 e. The minimum atomic E-state index is 0.100. The van der Waals surface area contributed by atoms with Gasteiger partial charge in [-0.15, -0.1) is 0 Å². The molecule has 0 N–H and O–H groups in total. The highest BCUT2D eigenvalue weighted by molar-refractivity contribution is 5.72. The van der Waals surface area contributed by atoms with Gasteiger partial charge in [-0.2, -0.15) is 0 Å². The number of aromatic nitrogens is 4. The zero-order chi connectivity index (χ0) is 14.8. The molecular formula is C16H18N4O. The number of hydrogen-bond acceptors (Lipinski definition) is 4. The van der Waals surface area contributed by atoms with E-state index in [9.17, 15) is 0 Å². The first-order valence-corrected chi connectivity index (χ1v) is 7.05. The van der Waals surface area contributed by atoms with E-state index < -0.39 is 0 Å². The second-order valence-electron chi connectivity index (χ2n) is 4.98. The Labute approximate surface area is 123 Å². The topological polar surface area (TPSA) is 52.8 Å². The lowest BCUT2D eigenvalue weighted by Crippen LogP contribution is -1.99. The summed E-state index contributed by atoms with van der Waals surface area (Å²) in [6.07, 6.45) is 3.65. The zero-order valence-electron chi connectivity index (χ0n) is 12.4. The van der Waals surface area contributed by atoms with Gasteiger partial charge in [-0.1, -0.05) is 24.3 Å². The van der Waals surface area contributed by atoms with Crippen LogP contribution in [-0.4, -0.2) is 26.1 Å². The largest absolute Gasteiger partial charge is 0.374 e. The molecule has 5 nitrogen and oxygen atoms in total. The van der Waals surface area contributed by atoms with E-state index in [1.165, 1.54) is 0 Å². The summed E-state index contributed by atoms with van der Waals surface area (Å²) in [5.41, 5.74) is 3.78. The molecule has 0 saturated heterocycles. The van der Waals surface area contributed by atoms with Crippen LogP contribution in [0.4, 0.5) is 0 Å². The van der Waals surface area contributed by atoms with Gasteiger partial charge in [0.15, 0.2) is 11.5 Å². The molecule has 0 radical (unpaired) electrons. The molecule has 3 rings (SSSR count). The van der Waals surface area contributed by atoms with Crippen LogP contribution in [0.2, 0.25) is 0 Å². The first-order chi connectivity index (χ1) is 10.2. The van der Waals surface area contributed by atoms with E-state index in [1.54, 1.807) is 12.5 Å². The number of fused-ring (bicyclic) bond motifs is 1. The van der Waals surface area contributed by atoms with E-state index in [2.05, 4.69) is 34.0 Å². The van der Waals surface area contributed by atoms with Crippen LogP contribution in [0.25, 0.3) is 22.6 Å². The molecule has 0 aliphatic carbocycles. The van der Waals surface area contributed by atoms with Crippen molar-refractivity contribution in [3.8, 4) is 11.4 Å². The number of benzene rings is 1. The van der Waals surface area contributed by atoms with Crippen LogP contribution in [0, 0.1) is 0 Å². The van der Waals surface area contributed by atoms with Crippen LogP contribution in [-0.2, 0) is 11.8 Å². The molecule has 0 saturated carbocycles. The molecule has 2 heterocycles. The summed E-state index contributed by atoms with van der Waals surface area (Å²) in [7, 11) is 1.93. The van der Waals surface area contributed by atoms with Crippen molar-refractivity contribution in [1.82, 2.24) is 19.5 Å². The Morgan fingerprint density at radius 2 is 1.95 bits per heavy atom. The Morgan fingerprint density at radius 1 is 1.19 bits per heavy atom. The molecule has 3 aromatic rings. The first kappa shape index (κ1) is 13.7. The Bertz CT molecular complexity index is 749. The molecule has 21 heavy (non-hydrogen) atoms. The number of hydrogen-bond donors (Lipinski definition) is 0. The van der Waals surface area contributed by atoms with Crippen molar-refractivity contribution >= 4 is 11.2 Å². The summed E-state index contributed by atoms with van der Waals surface area (Å²) < 4.78 is 7.50. The fourth-order valence-corrected chi connectivity index (χ4v) is 2.30. The average Bonchev–Trinajstić information content (AvgIpc) is 2.88. The minimum absolute atomic E-state index is 0.100. The predicted molar refractivity (Wildman–Crippen MR) is 81.8 cm³/mol. The maximum Gasteiger partial charge on any atom is 0.181 e. The molecule has 0 fully saturated rings. The maximum atomic E-state index is 5.59. The molecule has 108 valence electrons. The number of nitrogens with zero attached hydrogens (tertiary/aromatic N) is 4. The van der Waals surface area contributed by atoms with Crippen LogP contribution < -0.4 is 0 Å². The second kappa shape index (κ2) is 5.61. The second-order valence-corrected chi connectivity index (χ2v) is 4.98. The maximum absolute atomic E-state index is 5.59. The number of rotatable bonds is 4. The van der Waals surface area contributed by atoms with E-state index in [-0.39, 0.29) is 6.10 Å². The van der Waals surface area contributed by atoms with Crippen LogP contribution in [0.15, 0.2) is 36.8 Å². The van der Waals surface area contributed by atoms with Gasteiger partial charge in [-0.05, 0) is 19.4 Å². The lowest BCUT2D eigenvalue weighted by molar-refractivity contribution is 0.0764. The molecule has 0 bridgehead atoms. The summed E-state index contributed by atoms with van der Waals surface area (Å²) in [6, 6.07) is 8.16. The molecule has 2 aromatic heterocycles. The van der Waals surface area contributed by atoms with Crippen molar-refractivity contribution in [1.29, 1.82) is 0 Å². The van der Waals surface area contributed by atoms with Crippen LogP contribution in [0.3, 0.4) is 0 Å². The molecule has 0 amide bonds. The van der Waals surface area contributed by atoms with Gasteiger partial charge in [0.05, 0.1) is 18.6 Å². The normalized spacial score (nSPS) is 12.7. The molecule has 5 heteroatoms. The number of ether oxygens (including phenoxy) is 1. The van der Waals surface area contributed by atoms with Crippen molar-refractivity contribution < 1.29 is 4.74 Å². The van der Waals surface area contributed by atoms with E-state index in [0.29, 0.717) is 18.1 Å².